The minimum absolute atomic E-state index is 0.138. The van der Waals surface area contributed by atoms with Gasteiger partial charge in [0.25, 0.3) is 0 Å². The van der Waals surface area contributed by atoms with E-state index in [4.69, 9.17) is 0 Å². The average Bonchev–Trinajstić information content (AvgIpc) is 2.24. The highest BCUT2D eigenvalue weighted by Gasteiger charge is 2.46. The van der Waals surface area contributed by atoms with Crippen LogP contribution in [0.25, 0.3) is 0 Å². The summed E-state index contributed by atoms with van der Waals surface area (Å²) in [6.45, 7) is 7.82. The van der Waals surface area contributed by atoms with Crippen LogP contribution >= 0.6 is 0 Å². The van der Waals surface area contributed by atoms with Crippen molar-refractivity contribution in [2.45, 2.75) is 77.1 Å². The van der Waals surface area contributed by atoms with Crippen molar-refractivity contribution in [2.24, 2.45) is 5.92 Å². The van der Waals surface area contributed by atoms with E-state index >= 15 is 0 Å². The Morgan fingerprint density at radius 1 is 1.33 bits per heavy atom. The Bertz CT molecular complexity index is 305. The Labute approximate surface area is 111 Å². The van der Waals surface area contributed by atoms with E-state index in [9.17, 15) is 15.3 Å². The van der Waals surface area contributed by atoms with Gasteiger partial charge in [-0.05, 0) is 52.4 Å². The highest BCUT2D eigenvalue weighted by molar-refractivity contribution is 5.00. The summed E-state index contributed by atoms with van der Waals surface area (Å²) in [5.74, 6) is 0.138. The van der Waals surface area contributed by atoms with E-state index in [1.807, 2.05) is 6.92 Å². The number of allylic oxidation sites excluding steroid dienone is 2. The van der Waals surface area contributed by atoms with Crippen LogP contribution in [0.3, 0.4) is 0 Å². The molecule has 0 heterocycles. The lowest BCUT2D eigenvalue weighted by Gasteiger charge is -2.45. The molecule has 1 fully saturated rings. The molecule has 0 aromatic heterocycles. The smallest absolute Gasteiger partial charge is 0.0879 e. The minimum atomic E-state index is -1.05. The Morgan fingerprint density at radius 2 is 1.94 bits per heavy atom. The lowest BCUT2D eigenvalue weighted by atomic mass is 9.69. The number of aliphatic hydroxyl groups excluding tert-OH is 1. The Morgan fingerprint density at radius 3 is 2.44 bits per heavy atom. The molecule has 0 amide bonds. The third-order valence-corrected chi connectivity index (χ3v) is 4.40. The van der Waals surface area contributed by atoms with Crippen molar-refractivity contribution in [1.82, 2.24) is 0 Å². The fourth-order valence-electron chi connectivity index (χ4n) is 2.63. The summed E-state index contributed by atoms with van der Waals surface area (Å²) >= 11 is 0. The van der Waals surface area contributed by atoms with Crippen molar-refractivity contribution < 1.29 is 15.3 Å². The molecule has 1 aliphatic rings. The molecule has 4 unspecified atom stereocenters. The second-order valence-corrected chi connectivity index (χ2v) is 6.44. The van der Waals surface area contributed by atoms with Crippen LogP contribution in [0, 0.1) is 5.92 Å². The van der Waals surface area contributed by atoms with Gasteiger partial charge in [0.15, 0.2) is 0 Å². The van der Waals surface area contributed by atoms with Gasteiger partial charge in [-0.3, -0.25) is 0 Å². The first-order valence-corrected chi connectivity index (χ1v) is 6.93. The van der Waals surface area contributed by atoms with E-state index < -0.39 is 17.3 Å². The fraction of sp³-hybridized carbons (Fsp3) is 0.867. The Kier molecular flexibility index (Phi) is 4.98. The summed E-state index contributed by atoms with van der Waals surface area (Å²) in [6.07, 6.45) is 4.51. The molecule has 0 spiro atoms. The molecule has 3 nitrogen and oxygen atoms in total. The van der Waals surface area contributed by atoms with Crippen LogP contribution in [0.1, 0.15) is 59.8 Å². The third kappa shape index (κ3) is 3.81. The molecule has 1 aliphatic carbocycles. The topological polar surface area (TPSA) is 60.7 Å². The zero-order valence-electron chi connectivity index (χ0n) is 12.1. The number of aliphatic hydroxyl groups is 3. The van der Waals surface area contributed by atoms with Crippen LogP contribution in [-0.4, -0.2) is 32.6 Å². The molecule has 0 saturated heterocycles. The first-order valence-electron chi connectivity index (χ1n) is 6.93. The van der Waals surface area contributed by atoms with Gasteiger partial charge in [-0.2, -0.15) is 0 Å². The molecule has 3 heteroatoms. The van der Waals surface area contributed by atoms with Crippen LogP contribution < -0.4 is 0 Å². The third-order valence-electron chi connectivity index (χ3n) is 4.40. The molecule has 0 radical (unpaired) electrons. The van der Waals surface area contributed by atoms with Gasteiger partial charge in [-0.15, -0.1) is 0 Å². The van der Waals surface area contributed by atoms with E-state index in [0.29, 0.717) is 12.8 Å². The molecule has 3 N–H and O–H groups in total. The standard InChI is InChI=1S/C15H28O3/c1-11(2)6-5-7-12(3)15(18)9-8-14(4,17)13(16)10-15/h6,12-13,16-18H,5,7-10H2,1-4H3. The zero-order valence-corrected chi connectivity index (χ0v) is 12.1. The molecule has 0 aliphatic heterocycles. The van der Waals surface area contributed by atoms with Crippen molar-refractivity contribution in [3.8, 4) is 0 Å². The Hall–Kier alpha value is -0.380. The number of hydrogen-bond acceptors (Lipinski definition) is 3. The molecular weight excluding hydrogens is 228 g/mol. The quantitative estimate of drug-likeness (QED) is 0.677. The van der Waals surface area contributed by atoms with Gasteiger partial charge >= 0.3 is 0 Å². The summed E-state index contributed by atoms with van der Waals surface area (Å²) < 4.78 is 0. The van der Waals surface area contributed by atoms with Gasteiger partial charge in [-0.25, -0.2) is 0 Å². The first-order chi connectivity index (χ1) is 8.17. The van der Waals surface area contributed by atoms with E-state index in [2.05, 4.69) is 19.9 Å². The van der Waals surface area contributed by atoms with Crippen molar-refractivity contribution in [1.29, 1.82) is 0 Å². The van der Waals surface area contributed by atoms with E-state index in [1.165, 1.54) is 5.57 Å². The molecule has 0 aromatic carbocycles. The molecule has 4 atom stereocenters. The summed E-state index contributed by atoms with van der Waals surface area (Å²) in [7, 11) is 0. The van der Waals surface area contributed by atoms with Gasteiger partial charge in [0.05, 0.1) is 17.3 Å². The van der Waals surface area contributed by atoms with Gasteiger partial charge in [-0.1, -0.05) is 18.6 Å². The molecule has 0 bridgehead atoms. The predicted molar refractivity (Wildman–Crippen MR) is 73.3 cm³/mol. The summed E-state index contributed by atoms with van der Waals surface area (Å²) in [5, 5.41) is 30.5. The maximum atomic E-state index is 10.6. The second-order valence-electron chi connectivity index (χ2n) is 6.44. The highest BCUT2D eigenvalue weighted by atomic mass is 16.3. The van der Waals surface area contributed by atoms with Gasteiger partial charge in [0, 0.05) is 6.42 Å². The molecule has 1 saturated carbocycles. The first kappa shape index (κ1) is 15.7. The number of rotatable bonds is 4. The van der Waals surface area contributed by atoms with Crippen molar-refractivity contribution in [2.75, 3.05) is 0 Å². The fourth-order valence-corrected chi connectivity index (χ4v) is 2.63. The van der Waals surface area contributed by atoms with Crippen LogP contribution in [0.15, 0.2) is 11.6 Å². The summed E-state index contributed by atoms with van der Waals surface area (Å²) in [5.41, 5.74) is -0.594. The lowest BCUT2D eigenvalue weighted by molar-refractivity contribution is -0.163. The molecule has 106 valence electrons. The predicted octanol–water partition coefficient (Wildman–Crippen LogP) is 2.40. The Balaban J connectivity index is 2.57. The number of hydrogen-bond donors (Lipinski definition) is 3. The summed E-state index contributed by atoms with van der Waals surface area (Å²) in [6, 6.07) is 0. The largest absolute Gasteiger partial charge is 0.390 e. The van der Waals surface area contributed by atoms with Crippen LogP contribution in [-0.2, 0) is 0 Å². The van der Waals surface area contributed by atoms with E-state index in [-0.39, 0.29) is 12.3 Å². The molecule has 18 heavy (non-hydrogen) atoms. The molecular formula is C15H28O3. The molecule has 1 rings (SSSR count). The highest BCUT2D eigenvalue weighted by Crippen LogP contribution is 2.40. The van der Waals surface area contributed by atoms with Crippen molar-refractivity contribution >= 4 is 0 Å². The van der Waals surface area contributed by atoms with Crippen molar-refractivity contribution in [3.05, 3.63) is 11.6 Å². The SMILES string of the molecule is CC(C)=CCCC(C)C1(O)CCC(C)(O)C(O)C1. The van der Waals surface area contributed by atoms with Gasteiger partial charge < -0.3 is 15.3 Å². The van der Waals surface area contributed by atoms with Crippen molar-refractivity contribution in [3.63, 3.8) is 0 Å². The lowest BCUT2D eigenvalue weighted by Crippen LogP contribution is -2.53. The maximum Gasteiger partial charge on any atom is 0.0879 e. The van der Waals surface area contributed by atoms with Gasteiger partial charge in [0.2, 0.25) is 0 Å². The minimum Gasteiger partial charge on any atom is -0.390 e. The van der Waals surface area contributed by atoms with Crippen LogP contribution in [0.2, 0.25) is 0 Å². The maximum absolute atomic E-state index is 10.6. The van der Waals surface area contributed by atoms with E-state index in [1.54, 1.807) is 6.92 Å². The monoisotopic (exact) mass is 256 g/mol. The van der Waals surface area contributed by atoms with Crippen LogP contribution in [0.4, 0.5) is 0 Å². The normalized spacial score (nSPS) is 38.3. The summed E-state index contributed by atoms with van der Waals surface area (Å²) in [4.78, 5) is 0. The van der Waals surface area contributed by atoms with Crippen LogP contribution in [0.5, 0.6) is 0 Å². The van der Waals surface area contributed by atoms with Gasteiger partial charge in [0.1, 0.15) is 0 Å². The second kappa shape index (κ2) is 5.72. The average molecular weight is 256 g/mol. The zero-order chi connectivity index (χ0) is 14.0. The molecule has 0 aromatic rings. The van der Waals surface area contributed by atoms with E-state index in [0.717, 1.165) is 12.8 Å².